The zero-order valence-electron chi connectivity index (χ0n) is 13.4. The van der Waals surface area contributed by atoms with Crippen molar-refractivity contribution in [3.05, 3.63) is 42.2 Å². The monoisotopic (exact) mass is 345 g/mol. The maximum absolute atomic E-state index is 12.0. The first-order valence-corrected chi connectivity index (χ1v) is 8.61. The van der Waals surface area contributed by atoms with E-state index in [-0.39, 0.29) is 12.6 Å². The normalized spacial score (nSPS) is 10.9. The molecule has 0 unspecified atom stereocenters. The summed E-state index contributed by atoms with van der Waals surface area (Å²) >= 11 is 1.57. The van der Waals surface area contributed by atoms with E-state index in [1.807, 2.05) is 43.3 Å². The molecule has 24 heavy (non-hydrogen) atoms. The summed E-state index contributed by atoms with van der Waals surface area (Å²) in [5, 5.41) is 12.6. The first kappa shape index (κ1) is 16.5. The van der Waals surface area contributed by atoms with Gasteiger partial charge in [-0.3, -0.25) is 0 Å². The van der Waals surface area contributed by atoms with Gasteiger partial charge in [0.05, 0.1) is 23.4 Å². The molecule has 2 amide bonds. The van der Waals surface area contributed by atoms with Gasteiger partial charge in [0.15, 0.2) is 10.8 Å². The number of likely N-dealkylation sites (N-methyl/N-ethyl adjacent to an activating group) is 1. The van der Waals surface area contributed by atoms with Gasteiger partial charge in [-0.2, -0.15) is 0 Å². The van der Waals surface area contributed by atoms with E-state index in [1.54, 1.807) is 11.3 Å². The molecule has 0 aliphatic rings. The fourth-order valence-electron chi connectivity index (χ4n) is 2.36. The van der Waals surface area contributed by atoms with Crippen molar-refractivity contribution in [2.45, 2.75) is 13.5 Å². The summed E-state index contributed by atoms with van der Waals surface area (Å²) in [4.78, 5) is 18.1. The Labute approximate surface area is 143 Å². The first-order chi connectivity index (χ1) is 11.7. The number of fused-ring (bicyclic) bond motifs is 1. The Balaban J connectivity index is 1.66. The summed E-state index contributed by atoms with van der Waals surface area (Å²) < 4.78 is 6.90. The summed E-state index contributed by atoms with van der Waals surface area (Å²) in [6.45, 7) is 2.97. The predicted molar refractivity (Wildman–Crippen MR) is 93.9 cm³/mol. The van der Waals surface area contributed by atoms with Crippen molar-refractivity contribution < 1.29 is 14.3 Å². The number of thiazole rings is 1. The van der Waals surface area contributed by atoms with E-state index in [0.29, 0.717) is 31.2 Å². The average molecular weight is 345 g/mol. The first-order valence-electron chi connectivity index (χ1n) is 7.79. The van der Waals surface area contributed by atoms with Gasteiger partial charge in [0, 0.05) is 13.1 Å². The van der Waals surface area contributed by atoms with Crippen molar-refractivity contribution in [1.82, 2.24) is 15.2 Å². The number of hydrogen-bond donors (Lipinski definition) is 2. The van der Waals surface area contributed by atoms with Crippen LogP contribution in [-0.4, -0.2) is 40.7 Å². The van der Waals surface area contributed by atoms with Crippen molar-refractivity contribution in [1.29, 1.82) is 0 Å². The van der Waals surface area contributed by atoms with Crippen LogP contribution < -0.4 is 5.32 Å². The minimum Gasteiger partial charge on any atom is -0.457 e. The second-order valence-corrected chi connectivity index (χ2v) is 6.25. The zero-order chi connectivity index (χ0) is 16.9. The zero-order valence-corrected chi connectivity index (χ0v) is 14.2. The van der Waals surface area contributed by atoms with Crippen LogP contribution in [0.25, 0.3) is 21.0 Å². The molecule has 1 aromatic carbocycles. The Hall–Kier alpha value is -2.38. The van der Waals surface area contributed by atoms with E-state index >= 15 is 0 Å². The van der Waals surface area contributed by atoms with Crippen LogP contribution in [-0.2, 0) is 6.54 Å². The van der Waals surface area contributed by atoms with Crippen molar-refractivity contribution in [2.24, 2.45) is 0 Å². The Morgan fingerprint density at radius 1 is 1.33 bits per heavy atom. The van der Waals surface area contributed by atoms with Gasteiger partial charge in [0.25, 0.3) is 0 Å². The third-order valence-electron chi connectivity index (χ3n) is 3.62. The van der Waals surface area contributed by atoms with Crippen molar-refractivity contribution in [2.75, 3.05) is 19.7 Å². The maximum atomic E-state index is 12.0. The van der Waals surface area contributed by atoms with Gasteiger partial charge in [-0.15, -0.1) is 11.3 Å². The van der Waals surface area contributed by atoms with Crippen molar-refractivity contribution in [3.8, 4) is 10.8 Å². The van der Waals surface area contributed by atoms with Crippen LogP contribution in [0, 0.1) is 0 Å². The summed E-state index contributed by atoms with van der Waals surface area (Å²) in [6, 6.07) is 11.4. The lowest BCUT2D eigenvalue weighted by molar-refractivity contribution is 0.179. The minimum atomic E-state index is -0.218. The quantitative estimate of drug-likeness (QED) is 0.720. The second-order valence-electron chi connectivity index (χ2n) is 5.21. The number of benzene rings is 1. The number of hydrogen-bond acceptors (Lipinski definition) is 5. The third-order valence-corrected chi connectivity index (χ3v) is 4.67. The van der Waals surface area contributed by atoms with Crippen LogP contribution in [0.4, 0.5) is 4.79 Å². The van der Waals surface area contributed by atoms with Crippen LogP contribution >= 0.6 is 11.3 Å². The number of nitrogens with zero attached hydrogens (tertiary/aromatic N) is 2. The SMILES string of the molecule is CCN(CCO)C(=O)NCc1ccc(-c2nc3ccccc3s2)o1. The highest BCUT2D eigenvalue weighted by Gasteiger charge is 2.13. The number of nitrogens with one attached hydrogen (secondary N) is 1. The number of carbonyl (C=O) groups excluding carboxylic acids is 1. The largest absolute Gasteiger partial charge is 0.457 e. The number of amides is 2. The molecule has 0 radical (unpaired) electrons. The van der Waals surface area contributed by atoms with Gasteiger partial charge < -0.3 is 19.7 Å². The summed E-state index contributed by atoms with van der Waals surface area (Å²) in [7, 11) is 0. The van der Waals surface area contributed by atoms with E-state index in [4.69, 9.17) is 9.52 Å². The number of furan rings is 1. The second kappa shape index (κ2) is 7.46. The molecule has 7 heteroatoms. The lowest BCUT2D eigenvalue weighted by atomic mass is 10.3. The van der Waals surface area contributed by atoms with Crippen LogP contribution in [0.1, 0.15) is 12.7 Å². The molecular weight excluding hydrogens is 326 g/mol. The van der Waals surface area contributed by atoms with Crippen molar-refractivity contribution in [3.63, 3.8) is 0 Å². The van der Waals surface area contributed by atoms with Gasteiger partial charge in [0.2, 0.25) is 0 Å². The molecule has 2 heterocycles. The van der Waals surface area contributed by atoms with E-state index in [2.05, 4.69) is 10.3 Å². The third kappa shape index (κ3) is 3.58. The van der Waals surface area contributed by atoms with E-state index in [9.17, 15) is 4.79 Å². The number of aliphatic hydroxyl groups excluding tert-OH is 1. The molecule has 0 spiro atoms. The standard InChI is InChI=1S/C17H19N3O3S/c1-2-20(9-10-21)17(22)18-11-12-7-8-14(23-12)16-19-13-5-3-4-6-15(13)24-16/h3-8,21H,2,9-11H2,1H3,(H,18,22). The Bertz CT molecular complexity index is 794. The molecule has 6 nitrogen and oxygen atoms in total. The van der Waals surface area contributed by atoms with Gasteiger partial charge in [-0.25, -0.2) is 9.78 Å². The Kier molecular flexibility index (Phi) is 5.12. The fourth-order valence-corrected chi connectivity index (χ4v) is 3.29. The highest BCUT2D eigenvalue weighted by molar-refractivity contribution is 7.21. The molecular formula is C17H19N3O3S. The molecule has 0 fully saturated rings. The molecule has 2 aromatic heterocycles. The van der Waals surface area contributed by atoms with Gasteiger partial charge in [0.1, 0.15) is 5.76 Å². The number of urea groups is 1. The van der Waals surface area contributed by atoms with Crippen LogP contribution in [0.3, 0.4) is 0 Å². The molecule has 0 atom stereocenters. The van der Waals surface area contributed by atoms with Crippen LogP contribution in [0.2, 0.25) is 0 Å². The minimum absolute atomic E-state index is 0.0518. The number of aliphatic hydroxyl groups is 1. The molecule has 0 bridgehead atoms. The molecule has 0 saturated carbocycles. The predicted octanol–water partition coefficient (Wildman–Crippen LogP) is 3.08. The number of rotatable bonds is 6. The summed E-state index contributed by atoms with van der Waals surface area (Å²) in [5.74, 6) is 1.36. The van der Waals surface area contributed by atoms with Gasteiger partial charge >= 0.3 is 6.03 Å². The molecule has 0 saturated heterocycles. The number of para-hydroxylation sites is 1. The maximum Gasteiger partial charge on any atom is 0.317 e. The lowest BCUT2D eigenvalue weighted by Gasteiger charge is -2.19. The number of carbonyl (C=O) groups is 1. The Morgan fingerprint density at radius 3 is 2.92 bits per heavy atom. The van der Waals surface area contributed by atoms with E-state index in [0.717, 1.165) is 15.2 Å². The van der Waals surface area contributed by atoms with Gasteiger partial charge in [-0.1, -0.05) is 12.1 Å². The smallest absolute Gasteiger partial charge is 0.317 e. The highest BCUT2D eigenvalue weighted by atomic mass is 32.1. The van der Waals surface area contributed by atoms with Crippen molar-refractivity contribution >= 4 is 27.6 Å². The summed E-state index contributed by atoms with van der Waals surface area (Å²) in [6.07, 6.45) is 0. The number of aromatic nitrogens is 1. The summed E-state index contributed by atoms with van der Waals surface area (Å²) in [5.41, 5.74) is 0.950. The molecule has 126 valence electrons. The molecule has 3 aromatic rings. The Morgan fingerprint density at radius 2 is 2.17 bits per heavy atom. The van der Waals surface area contributed by atoms with Gasteiger partial charge in [-0.05, 0) is 31.2 Å². The lowest BCUT2D eigenvalue weighted by Crippen LogP contribution is -2.40. The van der Waals surface area contributed by atoms with E-state index < -0.39 is 0 Å². The molecule has 3 rings (SSSR count). The van der Waals surface area contributed by atoms with Crippen LogP contribution in [0.5, 0.6) is 0 Å². The van der Waals surface area contributed by atoms with E-state index in [1.165, 1.54) is 4.90 Å². The fraction of sp³-hybridized carbons (Fsp3) is 0.294. The molecule has 0 aliphatic carbocycles. The highest BCUT2D eigenvalue weighted by Crippen LogP contribution is 2.31. The molecule has 0 aliphatic heterocycles. The average Bonchev–Trinajstić information content (AvgIpc) is 3.23. The topological polar surface area (TPSA) is 78.6 Å². The molecule has 2 N–H and O–H groups in total. The van der Waals surface area contributed by atoms with Crippen LogP contribution in [0.15, 0.2) is 40.8 Å².